The maximum atomic E-state index is 12.6. The minimum Gasteiger partial charge on any atom is -0.497 e. The number of amides is 1. The van der Waals surface area contributed by atoms with Crippen LogP contribution >= 0.6 is 0 Å². The first kappa shape index (κ1) is 18.1. The molecule has 0 saturated heterocycles. The maximum absolute atomic E-state index is 12.6. The zero-order valence-electron chi connectivity index (χ0n) is 16.0. The highest BCUT2D eigenvalue weighted by atomic mass is 16.5. The Morgan fingerprint density at radius 1 is 1.29 bits per heavy atom. The molecule has 3 aromatic rings. The van der Waals surface area contributed by atoms with E-state index in [1.54, 1.807) is 7.11 Å². The van der Waals surface area contributed by atoms with E-state index in [4.69, 9.17) is 9.47 Å². The van der Waals surface area contributed by atoms with Crippen molar-refractivity contribution >= 4 is 5.91 Å². The van der Waals surface area contributed by atoms with Crippen LogP contribution in [-0.2, 0) is 6.42 Å². The fourth-order valence-electron chi connectivity index (χ4n) is 3.49. The molecule has 6 nitrogen and oxygen atoms in total. The topological polar surface area (TPSA) is 76.2 Å². The third-order valence-corrected chi connectivity index (χ3v) is 5.09. The van der Waals surface area contributed by atoms with Gasteiger partial charge in [-0.15, -0.1) is 0 Å². The monoisotopic (exact) mass is 377 g/mol. The summed E-state index contributed by atoms with van der Waals surface area (Å²) in [6, 6.07) is 15.7. The summed E-state index contributed by atoms with van der Waals surface area (Å²) in [4.78, 5) is 12.6. The zero-order valence-corrected chi connectivity index (χ0v) is 16.0. The third kappa shape index (κ3) is 3.58. The Kier molecular flexibility index (Phi) is 5.02. The average Bonchev–Trinajstić information content (AvgIpc) is 3.13. The van der Waals surface area contributed by atoms with Crippen LogP contribution in [-0.4, -0.2) is 36.4 Å². The van der Waals surface area contributed by atoms with Crippen LogP contribution in [0.25, 0.3) is 11.3 Å². The zero-order chi connectivity index (χ0) is 19.5. The molecular formula is C22H23N3O3. The number of benzene rings is 2. The van der Waals surface area contributed by atoms with Crippen LogP contribution in [0.2, 0.25) is 0 Å². The van der Waals surface area contributed by atoms with Gasteiger partial charge in [0.25, 0.3) is 5.91 Å². The number of methoxy groups -OCH3 is 1. The van der Waals surface area contributed by atoms with Gasteiger partial charge in [-0.05, 0) is 25.0 Å². The van der Waals surface area contributed by atoms with Gasteiger partial charge in [0.05, 0.1) is 19.4 Å². The predicted molar refractivity (Wildman–Crippen MR) is 107 cm³/mol. The van der Waals surface area contributed by atoms with Gasteiger partial charge in [-0.25, -0.2) is 0 Å². The van der Waals surface area contributed by atoms with E-state index in [9.17, 15) is 4.79 Å². The van der Waals surface area contributed by atoms with Gasteiger partial charge in [-0.1, -0.05) is 36.4 Å². The normalized spacial score (nSPS) is 15.4. The lowest BCUT2D eigenvalue weighted by atomic mass is 9.96. The average molecular weight is 377 g/mol. The van der Waals surface area contributed by atoms with E-state index in [2.05, 4.69) is 15.5 Å². The van der Waals surface area contributed by atoms with E-state index in [1.165, 1.54) is 0 Å². The van der Waals surface area contributed by atoms with Crippen molar-refractivity contribution in [1.82, 2.24) is 15.5 Å². The van der Waals surface area contributed by atoms with E-state index in [0.717, 1.165) is 40.3 Å². The van der Waals surface area contributed by atoms with Gasteiger partial charge in [0.15, 0.2) is 0 Å². The molecule has 2 heterocycles. The number of H-pyrrole nitrogens is 1. The lowest BCUT2D eigenvalue weighted by Gasteiger charge is -2.25. The summed E-state index contributed by atoms with van der Waals surface area (Å²) in [5.41, 5.74) is 4.27. The van der Waals surface area contributed by atoms with Crippen molar-refractivity contribution in [2.75, 3.05) is 20.3 Å². The van der Waals surface area contributed by atoms with E-state index < -0.39 is 0 Å². The highest BCUT2D eigenvalue weighted by molar-refractivity contribution is 5.95. The fraction of sp³-hybridized carbons (Fsp3) is 0.273. The molecule has 0 aliphatic carbocycles. The second-order valence-electron chi connectivity index (χ2n) is 7.00. The van der Waals surface area contributed by atoms with E-state index in [-0.39, 0.29) is 11.8 Å². The molecule has 0 radical (unpaired) electrons. The number of hydrogen-bond donors (Lipinski definition) is 2. The molecule has 2 aromatic carbocycles. The van der Waals surface area contributed by atoms with Crippen molar-refractivity contribution in [2.45, 2.75) is 13.3 Å². The molecular weight excluding hydrogens is 354 g/mol. The lowest BCUT2D eigenvalue weighted by molar-refractivity contribution is 0.0933. The molecule has 0 fully saturated rings. The maximum Gasteiger partial charge on any atom is 0.269 e. The second-order valence-corrected chi connectivity index (χ2v) is 7.00. The molecule has 28 heavy (non-hydrogen) atoms. The highest BCUT2D eigenvalue weighted by Crippen LogP contribution is 2.31. The second kappa shape index (κ2) is 7.76. The summed E-state index contributed by atoms with van der Waals surface area (Å²) < 4.78 is 11.1. The number of aromatic amines is 1. The number of hydrogen-bond acceptors (Lipinski definition) is 4. The molecule has 0 bridgehead atoms. The molecule has 1 amide bonds. The Balaban J connectivity index is 1.39. The minimum absolute atomic E-state index is 0.146. The van der Waals surface area contributed by atoms with Crippen LogP contribution in [0.4, 0.5) is 0 Å². The number of ether oxygens (including phenoxy) is 2. The van der Waals surface area contributed by atoms with Gasteiger partial charge >= 0.3 is 0 Å². The van der Waals surface area contributed by atoms with Gasteiger partial charge in [-0.3, -0.25) is 9.89 Å². The van der Waals surface area contributed by atoms with E-state index in [0.29, 0.717) is 18.8 Å². The van der Waals surface area contributed by atoms with E-state index >= 15 is 0 Å². The summed E-state index contributed by atoms with van der Waals surface area (Å²) in [5.74, 6) is 1.72. The van der Waals surface area contributed by atoms with Crippen molar-refractivity contribution in [1.29, 1.82) is 0 Å². The molecule has 2 N–H and O–H groups in total. The minimum atomic E-state index is -0.146. The summed E-state index contributed by atoms with van der Waals surface area (Å²) in [5, 5.41) is 10.2. The summed E-state index contributed by atoms with van der Waals surface area (Å²) in [6.45, 7) is 3.02. The molecule has 6 heteroatoms. The van der Waals surface area contributed by atoms with Crippen molar-refractivity contribution in [3.8, 4) is 22.8 Å². The largest absolute Gasteiger partial charge is 0.497 e. The fourth-order valence-corrected chi connectivity index (χ4v) is 3.49. The number of nitrogens with zero attached hydrogens (tertiary/aromatic N) is 1. The van der Waals surface area contributed by atoms with Crippen molar-refractivity contribution in [2.24, 2.45) is 5.92 Å². The number of nitrogens with one attached hydrogen (secondary N) is 2. The van der Waals surface area contributed by atoms with Gasteiger partial charge < -0.3 is 14.8 Å². The Hall–Kier alpha value is -3.28. The first-order valence-corrected chi connectivity index (χ1v) is 9.34. The highest BCUT2D eigenvalue weighted by Gasteiger charge is 2.22. The molecule has 1 aliphatic rings. The Bertz CT molecular complexity index is 982. The Morgan fingerprint density at radius 2 is 2.11 bits per heavy atom. The quantitative estimate of drug-likeness (QED) is 0.715. The van der Waals surface area contributed by atoms with Gasteiger partial charge in [-0.2, -0.15) is 5.10 Å². The smallest absolute Gasteiger partial charge is 0.269 e. The van der Waals surface area contributed by atoms with Crippen LogP contribution in [0.15, 0.2) is 48.5 Å². The first-order chi connectivity index (χ1) is 13.7. The molecule has 4 rings (SSSR count). The molecule has 1 aliphatic heterocycles. The van der Waals surface area contributed by atoms with Gasteiger partial charge in [0.1, 0.15) is 17.2 Å². The van der Waals surface area contributed by atoms with Crippen LogP contribution in [0.5, 0.6) is 11.5 Å². The standard InChI is InChI=1S/C22H23N3O3/c1-14-20(16-6-4-3-5-7-16)24-25-21(14)22(26)23-12-15-10-17-8-9-18(27-2)11-19(17)28-13-15/h3-9,11,15H,10,12-13H2,1-2H3,(H,23,26)(H,24,25)/t15-/m0/s1. The predicted octanol–water partition coefficient (Wildman–Crippen LogP) is 3.37. The molecule has 144 valence electrons. The van der Waals surface area contributed by atoms with Crippen LogP contribution in [0.1, 0.15) is 21.6 Å². The number of fused-ring (bicyclic) bond motifs is 1. The molecule has 1 atom stereocenters. The van der Waals surface area contributed by atoms with E-state index in [1.807, 2.05) is 55.5 Å². The van der Waals surface area contributed by atoms with Gasteiger partial charge in [0.2, 0.25) is 0 Å². The van der Waals surface area contributed by atoms with Gasteiger partial charge in [0, 0.05) is 29.7 Å². The lowest BCUT2D eigenvalue weighted by Crippen LogP contribution is -2.35. The Labute approximate surface area is 163 Å². The molecule has 0 saturated carbocycles. The third-order valence-electron chi connectivity index (χ3n) is 5.09. The van der Waals surface area contributed by atoms with Crippen molar-refractivity contribution in [3.63, 3.8) is 0 Å². The Morgan fingerprint density at radius 3 is 2.89 bits per heavy atom. The number of aromatic nitrogens is 2. The summed E-state index contributed by atoms with van der Waals surface area (Å²) in [7, 11) is 1.64. The van der Waals surface area contributed by atoms with Crippen LogP contribution in [0, 0.1) is 12.8 Å². The van der Waals surface area contributed by atoms with Crippen molar-refractivity contribution in [3.05, 3.63) is 65.4 Å². The van der Waals surface area contributed by atoms with Crippen LogP contribution < -0.4 is 14.8 Å². The molecule has 0 spiro atoms. The number of carbonyl (C=O) groups excluding carboxylic acids is 1. The summed E-state index contributed by atoms with van der Waals surface area (Å²) >= 11 is 0. The number of carbonyl (C=O) groups is 1. The summed E-state index contributed by atoms with van der Waals surface area (Å²) in [6.07, 6.45) is 0.858. The molecule has 0 unspecified atom stereocenters. The SMILES string of the molecule is COc1ccc2c(c1)OC[C@H](CNC(=O)c1[nH]nc(-c3ccccc3)c1C)C2. The van der Waals surface area contributed by atoms with Crippen molar-refractivity contribution < 1.29 is 14.3 Å². The first-order valence-electron chi connectivity index (χ1n) is 9.34. The molecule has 1 aromatic heterocycles. The van der Waals surface area contributed by atoms with Crippen LogP contribution in [0.3, 0.4) is 0 Å². The number of rotatable bonds is 5.